The van der Waals surface area contributed by atoms with Crippen LogP contribution in [0.2, 0.25) is 0 Å². The number of benzene rings is 1. The molecule has 0 amide bonds. The number of fused-ring (bicyclic) bond motifs is 1. The minimum absolute atomic E-state index is 0.514. The molecule has 1 aliphatic rings. The molecule has 2 aromatic rings. The molecule has 0 saturated carbocycles. The van der Waals surface area contributed by atoms with E-state index in [2.05, 4.69) is 68.0 Å². The number of allylic oxidation sites excluding steroid dienone is 1. The Morgan fingerprint density at radius 2 is 1.86 bits per heavy atom. The quantitative estimate of drug-likeness (QED) is 0.628. The second-order valence-electron chi connectivity index (χ2n) is 6.74. The van der Waals surface area contributed by atoms with Gasteiger partial charge in [-0.15, -0.1) is 0 Å². The molecule has 0 saturated heterocycles. The van der Waals surface area contributed by atoms with Crippen LogP contribution >= 0.6 is 0 Å². The average Bonchev–Trinajstić information content (AvgIpc) is 3.08. The Balaban J connectivity index is 1.87. The van der Waals surface area contributed by atoms with Crippen molar-refractivity contribution < 1.29 is 0 Å². The van der Waals surface area contributed by atoms with E-state index >= 15 is 0 Å². The monoisotopic (exact) mass is 291 g/mol. The van der Waals surface area contributed by atoms with Gasteiger partial charge in [-0.25, -0.2) is 0 Å². The fraction of sp³-hybridized carbons (Fsp3) is 0.333. The van der Waals surface area contributed by atoms with Gasteiger partial charge in [-0.3, -0.25) is 0 Å². The normalized spacial score (nSPS) is 16.8. The third kappa shape index (κ3) is 2.68. The molecule has 1 aliphatic heterocycles. The Kier molecular flexibility index (Phi) is 4.06. The van der Waals surface area contributed by atoms with Crippen molar-refractivity contribution in [1.29, 1.82) is 0 Å². The van der Waals surface area contributed by atoms with Crippen molar-refractivity contribution in [3.8, 4) is 0 Å². The van der Waals surface area contributed by atoms with Crippen LogP contribution in [0, 0.1) is 5.92 Å². The standard InChI is InChI=1S/C21H25N/c1-15(2)14-16(3)19-12-13-22-20(10-11-21(19)22)17(4)18-8-6-5-7-9-18/h5-11,15,19H,3-4,12-14H2,1-2H3. The fourth-order valence-corrected chi connectivity index (χ4v) is 3.57. The van der Waals surface area contributed by atoms with E-state index < -0.39 is 0 Å². The zero-order valence-electron chi connectivity index (χ0n) is 13.7. The number of nitrogens with zero attached hydrogens (tertiary/aromatic N) is 1. The molecule has 0 radical (unpaired) electrons. The van der Waals surface area contributed by atoms with E-state index in [4.69, 9.17) is 0 Å². The summed E-state index contributed by atoms with van der Waals surface area (Å²) in [5.41, 5.74) is 6.36. The topological polar surface area (TPSA) is 4.93 Å². The van der Waals surface area contributed by atoms with Gasteiger partial charge in [0.2, 0.25) is 0 Å². The molecular weight excluding hydrogens is 266 g/mol. The molecule has 3 rings (SSSR count). The number of hydrogen-bond donors (Lipinski definition) is 0. The molecule has 1 aromatic heterocycles. The zero-order valence-corrected chi connectivity index (χ0v) is 13.7. The third-order valence-electron chi connectivity index (χ3n) is 4.61. The number of hydrogen-bond acceptors (Lipinski definition) is 0. The van der Waals surface area contributed by atoms with Crippen LogP contribution in [-0.4, -0.2) is 4.57 Å². The lowest BCUT2D eigenvalue weighted by Gasteiger charge is -2.15. The van der Waals surface area contributed by atoms with Gasteiger partial charge in [0.15, 0.2) is 0 Å². The van der Waals surface area contributed by atoms with Crippen LogP contribution in [0.3, 0.4) is 0 Å². The molecule has 1 unspecified atom stereocenters. The van der Waals surface area contributed by atoms with Crippen molar-refractivity contribution in [3.63, 3.8) is 0 Å². The molecule has 1 atom stereocenters. The molecule has 1 heteroatoms. The molecule has 22 heavy (non-hydrogen) atoms. The maximum Gasteiger partial charge on any atom is 0.0482 e. The minimum atomic E-state index is 0.514. The fourth-order valence-electron chi connectivity index (χ4n) is 3.57. The van der Waals surface area contributed by atoms with E-state index in [-0.39, 0.29) is 0 Å². The van der Waals surface area contributed by atoms with Gasteiger partial charge in [0.25, 0.3) is 0 Å². The third-order valence-corrected chi connectivity index (χ3v) is 4.61. The van der Waals surface area contributed by atoms with Crippen LogP contribution in [0.1, 0.15) is 49.6 Å². The summed E-state index contributed by atoms with van der Waals surface area (Å²) < 4.78 is 2.44. The van der Waals surface area contributed by atoms with E-state index in [1.165, 1.54) is 28.9 Å². The maximum absolute atomic E-state index is 4.35. The highest BCUT2D eigenvalue weighted by Gasteiger charge is 2.27. The summed E-state index contributed by atoms with van der Waals surface area (Å²) in [6, 6.07) is 14.9. The summed E-state index contributed by atoms with van der Waals surface area (Å²) in [7, 11) is 0. The minimum Gasteiger partial charge on any atom is -0.344 e. The highest BCUT2D eigenvalue weighted by atomic mass is 15.0. The zero-order chi connectivity index (χ0) is 15.7. The number of aromatic nitrogens is 1. The van der Waals surface area contributed by atoms with Crippen LogP contribution in [0.15, 0.2) is 61.2 Å². The van der Waals surface area contributed by atoms with Gasteiger partial charge in [-0.05, 0) is 42.0 Å². The van der Waals surface area contributed by atoms with Crippen molar-refractivity contribution in [3.05, 3.63) is 78.1 Å². The molecule has 1 nitrogen and oxygen atoms in total. The van der Waals surface area contributed by atoms with E-state index in [1.54, 1.807) is 0 Å². The second-order valence-corrected chi connectivity index (χ2v) is 6.74. The predicted molar refractivity (Wildman–Crippen MR) is 95.0 cm³/mol. The predicted octanol–water partition coefficient (Wildman–Crippen LogP) is 5.64. The van der Waals surface area contributed by atoms with Crippen molar-refractivity contribution >= 4 is 5.57 Å². The Hall–Kier alpha value is -2.02. The molecule has 0 aliphatic carbocycles. The summed E-state index contributed by atoms with van der Waals surface area (Å²) in [6.45, 7) is 14.3. The Morgan fingerprint density at radius 1 is 1.14 bits per heavy atom. The van der Waals surface area contributed by atoms with E-state index in [0.717, 1.165) is 18.5 Å². The Bertz CT molecular complexity index is 688. The number of rotatable bonds is 5. The summed E-state index contributed by atoms with van der Waals surface area (Å²) >= 11 is 0. The van der Waals surface area contributed by atoms with Gasteiger partial charge in [0.05, 0.1) is 0 Å². The van der Waals surface area contributed by atoms with E-state index in [1.807, 2.05) is 6.07 Å². The highest BCUT2D eigenvalue weighted by molar-refractivity contribution is 5.77. The Morgan fingerprint density at radius 3 is 2.55 bits per heavy atom. The van der Waals surface area contributed by atoms with Gasteiger partial charge >= 0.3 is 0 Å². The molecule has 1 aromatic carbocycles. The van der Waals surface area contributed by atoms with Crippen molar-refractivity contribution in [2.45, 2.75) is 39.2 Å². The summed E-state index contributed by atoms with van der Waals surface area (Å²) in [6.07, 6.45) is 2.29. The van der Waals surface area contributed by atoms with Crippen molar-refractivity contribution in [2.24, 2.45) is 5.92 Å². The van der Waals surface area contributed by atoms with Crippen molar-refractivity contribution in [2.75, 3.05) is 0 Å². The van der Waals surface area contributed by atoms with Crippen LogP contribution in [-0.2, 0) is 6.54 Å². The first kappa shape index (κ1) is 14.9. The Labute approximate surface area is 134 Å². The molecule has 114 valence electrons. The summed E-state index contributed by atoms with van der Waals surface area (Å²) in [5.74, 6) is 1.19. The van der Waals surface area contributed by atoms with Crippen LogP contribution < -0.4 is 0 Å². The molecule has 2 heterocycles. The SMILES string of the molecule is C=C(c1ccccc1)c1ccc2n1CCC2C(=C)CC(C)C. The first-order chi connectivity index (χ1) is 10.6. The lowest BCUT2D eigenvalue weighted by molar-refractivity contribution is 0.599. The van der Waals surface area contributed by atoms with Gasteiger partial charge < -0.3 is 4.57 Å². The summed E-state index contributed by atoms with van der Waals surface area (Å²) in [4.78, 5) is 0. The molecule has 0 spiro atoms. The summed E-state index contributed by atoms with van der Waals surface area (Å²) in [5, 5.41) is 0. The highest BCUT2D eigenvalue weighted by Crippen LogP contribution is 2.39. The van der Waals surface area contributed by atoms with E-state index in [0.29, 0.717) is 11.8 Å². The second kappa shape index (κ2) is 6.00. The first-order valence-electron chi connectivity index (χ1n) is 8.19. The van der Waals surface area contributed by atoms with E-state index in [9.17, 15) is 0 Å². The lowest BCUT2D eigenvalue weighted by atomic mass is 9.90. The van der Waals surface area contributed by atoms with Crippen LogP contribution in [0.5, 0.6) is 0 Å². The van der Waals surface area contributed by atoms with Crippen LogP contribution in [0.4, 0.5) is 0 Å². The van der Waals surface area contributed by atoms with Crippen LogP contribution in [0.25, 0.3) is 5.57 Å². The maximum atomic E-state index is 4.35. The van der Waals surface area contributed by atoms with Gasteiger partial charge in [-0.2, -0.15) is 0 Å². The smallest absolute Gasteiger partial charge is 0.0482 e. The van der Waals surface area contributed by atoms with Gasteiger partial charge in [0, 0.05) is 23.9 Å². The largest absolute Gasteiger partial charge is 0.344 e. The molecule has 0 bridgehead atoms. The van der Waals surface area contributed by atoms with Crippen molar-refractivity contribution in [1.82, 2.24) is 4.57 Å². The molecular formula is C21H25N. The first-order valence-corrected chi connectivity index (χ1v) is 8.19. The molecule has 0 fully saturated rings. The van der Waals surface area contributed by atoms with Gasteiger partial charge in [-0.1, -0.05) is 62.9 Å². The average molecular weight is 291 g/mol. The lowest BCUT2D eigenvalue weighted by Crippen LogP contribution is -2.01. The molecule has 0 N–H and O–H groups in total. The van der Waals surface area contributed by atoms with Gasteiger partial charge in [0.1, 0.15) is 0 Å².